The lowest BCUT2D eigenvalue weighted by molar-refractivity contribution is 0.0451. The van der Waals surface area contributed by atoms with Crippen LogP contribution in [0.4, 0.5) is 0 Å². The Morgan fingerprint density at radius 3 is 2.39 bits per heavy atom. The summed E-state index contributed by atoms with van der Waals surface area (Å²) in [6.45, 7) is 3.97. The van der Waals surface area contributed by atoms with Crippen LogP contribution >= 0.6 is 0 Å². The maximum Gasteiger partial charge on any atom is 0.342 e. The molecular formula is C26H22O5. The molecule has 0 atom stereocenters. The summed E-state index contributed by atoms with van der Waals surface area (Å²) in [6, 6.07) is 21.9. The Labute approximate surface area is 179 Å². The van der Waals surface area contributed by atoms with Crippen LogP contribution in [0.5, 0.6) is 5.75 Å². The number of rotatable bonds is 6. The minimum absolute atomic E-state index is 0.0746. The summed E-state index contributed by atoms with van der Waals surface area (Å²) in [5, 5.41) is 0.350. The van der Waals surface area contributed by atoms with Crippen molar-refractivity contribution in [3.05, 3.63) is 99.7 Å². The molecule has 0 unspecified atom stereocenters. The summed E-state index contributed by atoms with van der Waals surface area (Å²) in [7, 11) is 0. The quantitative estimate of drug-likeness (QED) is 0.316. The first-order valence-electron chi connectivity index (χ1n) is 10.0. The van der Waals surface area contributed by atoms with Crippen molar-refractivity contribution in [3.63, 3.8) is 0 Å². The van der Waals surface area contributed by atoms with Crippen molar-refractivity contribution in [2.45, 2.75) is 13.8 Å². The van der Waals surface area contributed by atoms with Crippen molar-refractivity contribution < 1.29 is 18.7 Å². The maximum absolute atomic E-state index is 12.9. The summed E-state index contributed by atoms with van der Waals surface area (Å²) in [4.78, 5) is 25.7. The molecule has 0 aliphatic rings. The van der Waals surface area contributed by atoms with Crippen LogP contribution in [0.25, 0.3) is 22.3 Å². The van der Waals surface area contributed by atoms with Gasteiger partial charge in [0.2, 0.25) is 0 Å². The number of aryl methyl sites for hydroxylation is 1. The third-order valence-electron chi connectivity index (χ3n) is 5.07. The Morgan fingerprint density at radius 2 is 1.61 bits per heavy atom. The molecule has 0 aliphatic carbocycles. The molecule has 4 rings (SSSR count). The van der Waals surface area contributed by atoms with Crippen LogP contribution < -0.4 is 10.2 Å². The first-order chi connectivity index (χ1) is 15.1. The Morgan fingerprint density at radius 1 is 0.871 bits per heavy atom. The molecule has 4 aromatic rings. The minimum Gasteiger partial charge on any atom is -0.490 e. The third-order valence-corrected chi connectivity index (χ3v) is 5.07. The topological polar surface area (TPSA) is 65.7 Å². The van der Waals surface area contributed by atoms with Crippen molar-refractivity contribution >= 4 is 16.9 Å². The first-order valence-corrected chi connectivity index (χ1v) is 10.0. The lowest BCUT2D eigenvalue weighted by Crippen LogP contribution is -2.14. The number of carbonyl (C=O) groups excluding carboxylic acids is 1. The van der Waals surface area contributed by atoms with E-state index in [0.29, 0.717) is 16.7 Å². The molecule has 0 aliphatic heterocycles. The van der Waals surface area contributed by atoms with Crippen LogP contribution in [0.3, 0.4) is 0 Å². The zero-order chi connectivity index (χ0) is 21.8. The number of fused-ring (bicyclic) bond motifs is 1. The fourth-order valence-corrected chi connectivity index (χ4v) is 3.42. The first kappa shape index (κ1) is 20.4. The van der Waals surface area contributed by atoms with Crippen LogP contribution in [-0.2, 0) is 4.74 Å². The van der Waals surface area contributed by atoms with Gasteiger partial charge in [0.25, 0.3) is 0 Å². The molecule has 0 amide bonds. The highest BCUT2D eigenvalue weighted by Crippen LogP contribution is 2.27. The fraction of sp³-hybridized carbons (Fsp3) is 0.154. The normalized spacial score (nSPS) is 10.8. The Balaban J connectivity index is 1.58. The van der Waals surface area contributed by atoms with Gasteiger partial charge in [-0.3, -0.25) is 4.79 Å². The molecule has 0 radical (unpaired) electrons. The van der Waals surface area contributed by atoms with E-state index >= 15 is 0 Å². The van der Waals surface area contributed by atoms with E-state index in [4.69, 9.17) is 13.9 Å². The monoisotopic (exact) mass is 414 g/mol. The van der Waals surface area contributed by atoms with Crippen molar-refractivity contribution in [3.8, 4) is 17.1 Å². The zero-order valence-corrected chi connectivity index (χ0v) is 17.4. The molecule has 156 valence electrons. The molecule has 0 spiro atoms. The summed E-state index contributed by atoms with van der Waals surface area (Å²) >= 11 is 0. The Bertz CT molecular complexity index is 1290. The Hall–Kier alpha value is -3.86. The van der Waals surface area contributed by atoms with Crippen LogP contribution in [0.1, 0.15) is 21.5 Å². The molecule has 1 heterocycles. The second-order valence-electron chi connectivity index (χ2n) is 7.18. The number of esters is 1. The molecule has 1 aromatic heterocycles. The second kappa shape index (κ2) is 8.88. The molecule has 5 heteroatoms. The number of hydrogen-bond acceptors (Lipinski definition) is 5. The highest BCUT2D eigenvalue weighted by molar-refractivity contribution is 6.02. The highest BCUT2D eigenvalue weighted by Gasteiger charge is 2.19. The van der Waals surface area contributed by atoms with Crippen LogP contribution in [0.15, 0.2) is 82.0 Å². The zero-order valence-electron chi connectivity index (χ0n) is 17.4. The van der Waals surface area contributed by atoms with E-state index in [1.807, 2.05) is 61.5 Å². The fourth-order valence-electron chi connectivity index (χ4n) is 3.42. The van der Waals surface area contributed by atoms with E-state index in [-0.39, 0.29) is 29.8 Å². The minimum atomic E-state index is -0.565. The highest BCUT2D eigenvalue weighted by atomic mass is 16.6. The largest absolute Gasteiger partial charge is 0.490 e. The van der Waals surface area contributed by atoms with Gasteiger partial charge in [-0.15, -0.1) is 0 Å². The predicted molar refractivity (Wildman–Crippen MR) is 120 cm³/mol. The molecular weight excluding hydrogens is 392 g/mol. The number of ether oxygens (including phenoxy) is 2. The van der Waals surface area contributed by atoms with Gasteiger partial charge in [-0.2, -0.15) is 0 Å². The van der Waals surface area contributed by atoms with E-state index in [9.17, 15) is 9.59 Å². The van der Waals surface area contributed by atoms with E-state index in [1.165, 1.54) is 0 Å². The van der Waals surface area contributed by atoms with E-state index in [0.717, 1.165) is 16.9 Å². The Kier molecular flexibility index (Phi) is 5.85. The molecule has 5 nitrogen and oxygen atoms in total. The average molecular weight is 414 g/mol. The van der Waals surface area contributed by atoms with Gasteiger partial charge in [-0.25, -0.2) is 4.79 Å². The van der Waals surface area contributed by atoms with Gasteiger partial charge in [-0.1, -0.05) is 54.6 Å². The number of benzene rings is 3. The molecule has 31 heavy (non-hydrogen) atoms. The van der Waals surface area contributed by atoms with E-state index in [2.05, 4.69) is 0 Å². The lowest BCUT2D eigenvalue weighted by Gasteiger charge is -2.11. The van der Waals surface area contributed by atoms with Gasteiger partial charge in [0.15, 0.2) is 11.0 Å². The van der Waals surface area contributed by atoms with Gasteiger partial charge in [-0.05, 0) is 37.6 Å². The molecule has 0 N–H and O–H groups in total. The van der Waals surface area contributed by atoms with Crippen molar-refractivity contribution in [2.24, 2.45) is 0 Å². The summed E-state index contributed by atoms with van der Waals surface area (Å²) in [5.41, 5.74) is 2.54. The molecule has 3 aromatic carbocycles. The predicted octanol–water partition coefficient (Wildman–Crippen LogP) is 5.31. The van der Waals surface area contributed by atoms with Crippen LogP contribution in [0.2, 0.25) is 0 Å². The van der Waals surface area contributed by atoms with E-state index in [1.54, 1.807) is 25.1 Å². The SMILES string of the molecule is Cc1ccccc1OCCOC(=O)c1cccc2c(=O)c(C)c(-c3ccccc3)oc12. The van der Waals surface area contributed by atoms with Gasteiger partial charge in [0.1, 0.15) is 30.3 Å². The second-order valence-corrected chi connectivity index (χ2v) is 7.18. The lowest BCUT2D eigenvalue weighted by atomic mass is 10.0. The van der Waals surface area contributed by atoms with Gasteiger partial charge < -0.3 is 13.9 Å². The number of para-hydroxylation sites is 2. The average Bonchev–Trinajstić information content (AvgIpc) is 2.80. The van der Waals surface area contributed by atoms with Gasteiger partial charge in [0.05, 0.1) is 5.39 Å². The molecule has 0 saturated carbocycles. The van der Waals surface area contributed by atoms with Crippen molar-refractivity contribution in [1.29, 1.82) is 0 Å². The van der Waals surface area contributed by atoms with Gasteiger partial charge >= 0.3 is 5.97 Å². The summed E-state index contributed by atoms with van der Waals surface area (Å²) < 4.78 is 17.1. The molecule has 0 saturated heterocycles. The third kappa shape index (κ3) is 4.21. The van der Waals surface area contributed by atoms with Crippen molar-refractivity contribution in [1.82, 2.24) is 0 Å². The number of carbonyl (C=O) groups is 1. The molecule has 0 fully saturated rings. The van der Waals surface area contributed by atoms with Crippen LogP contribution in [0, 0.1) is 13.8 Å². The standard InChI is InChI=1S/C26H22O5/c1-17-9-6-7-14-22(17)29-15-16-30-26(28)21-13-8-12-20-23(27)18(2)24(31-25(20)21)19-10-4-3-5-11-19/h3-14H,15-16H2,1-2H3. The van der Waals surface area contributed by atoms with Crippen LogP contribution in [-0.4, -0.2) is 19.2 Å². The molecule has 0 bridgehead atoms. The number of hydrogen-bond donors (Lipinski definition) is 0. The van der Waals surface area contributed by atoms with Crippen molar-refractivity contribution in [2.75, 3.05) is 13.2 Å². The smallest absolute Gasteiger partial charge is 0.342 e. The summed E-state index contributed by atoms with van der Waals surface area (Å²) in [5.74, 6) is 0.629. The maximum atomic E-state index is 12.9. The van der Waals surface area contributed by atoms with E-state index < -0.39 is 5.97 Å². The summed E-state index contributed by atoms with van der Waals surface area (Å²) in [6.07, 6.45) is 0. The van der Waals surface area contributed by atoms with Gasteiger partial charge in [0, 0.05) is 11.1 Å².